The first-order valence-electron chi connectivity index (χ1n) is 12.3. The number of esters is 1. The fourth-order valence-corrected chi connectivity index (χ4v) is 3.78. The average Bonchev–Trinajstić information content (AvgIpc) is 3.38. The Morgan fingerprint density at radius 1 is 1.00 bits per heavy atom. The second kappa shape index (κ2) is 13.0. The van der Waals surface area contributed by atoms with Crippen LogP contribution >= 0.6 is 0 Å². The molecule has 10 heteroatoms. The summed E-state index contributed by atoms with van der Waals surface area (Å²) in [5, 5.41) is 6.91. The Kier molecular flexibility index (Phi) is 9.82. The maximum Gasteiger partial charge on any atom is 0.471 e. The van der Waals surface area contributed by atoms with Crippen LogP contribution in [0.3, 0.4) is 0 Å². The number of benzene rings is 2. The molecule has 0 spiro atoms. The van der Waals surface area contributed by atoms with Crippen molar-refractivity contribution in [1.29, 1.82) is 0 Å². The Morgan fingerprint density at radius 3 is 2.30 bits per heavy atom. The molecular formula is C27H30F3N3O4. The summed E-state index contributed by atoms with van der Waals surface area (Å²) in [5.74, 6) is -1.84. The molecule has 0 fully saturated rings. The molecule has 1 aromatic heterocycles. The SMILES string of the molecule is CCCC[C@H](Nc1ccc(C(=O)CCCC(=O)OCC)cc1)c1ccc(-c2noc(C(F)(F)F)n2)cc1. The number of rotatable bonds is 13. The molecule has 2 aromatic carbocycles. The van der Waals surface area contributed by atoms with Crippen molar-refractivity contribution in [2.45, 2.75) is 64.6 Å². The number of hydrogen-bond acceptors (Lipinski definition) is 7. The van der Waals surface area contributed by atoms with Crippen molar-refractivity contribution in [3.8, 4) is 11.4 Å². The maximum atomic E-state index is 12.8. The number of alkyl halides is 3. The van der Waals surface area contributed by atoms with Gasteiger partial charge in [-0.3, -0.25) is 9.59 Å². The lowest BCUT2D eigenvalue weighted by Crippen LogP contribution is -2.11. The van der Waals surface area contributed by atoms with Crippen molar-refractivity contribution in [2.24, 2.45) is 0 Å². The third kappa shape index (κ3) is 8.16. The van der Waals surface area contributed by atoms with Gasteiger partial charge in [0.05, 0.1) is 12.6 Å². The minimum absolute atomic E-state index is 0.0379. The zero-order valence-electron chi connectivity index (χ0n) is 20.8. The monoisotopic (exact) mass is 517 g/mol. The lowest BCUT2D eigenvalue weighted by molar-refractivity contribution is -0.159. The van der Waals surface area contributed by atoms with Gasteiger partial charge in [-0.05, 0) is 49.6 Å². The number of halogens is 3. The van der Waals surface area contributed by atoms with E-state index >= 15 is 0 Å². The van der Waals surface area contributed by atoms with Crippen molar-refractivity contribution in [3.63, 3.8) is 0 Å². The third-order valence-corrected chi connectivity index (χ3v) is 5.72. The van der Waals surface area contributed by atoms with Gasteiger partial charge in [0.25, 0.3) is 0 Å². The highest BCUT2D eigenvalue weighted by Crippen LogP contribution is 2.31. The number of Topliss-reactive ketones (excluding diaryl/α,β-unsaturated/α-hetero) is 1. The minimum Gasteiger partial charge on any atom is -0.466 e. The van der Waals surface area contributed by atoms with Crippen molar-refractivity contribution < 1.29 is 32.0 Å². The number of ether oxygens (including phenoxy) is 1. The van der Waals surface area contributed by atoms with Crippen molar-refractivity contribution >= 4 is 17.4 Å². The van der Waals surface area contributed by atoms with Crippen LogP contribution in [0.25, 0.3) is 11.4 Å². The number of nitrogens with zero attached hydrogens (tertiary/aromatic N) is 2. The quantitative estimate of drug-likeness (QED) is 0.192. The van der Waals surface area contributed by atoms with Gasteiger partial charge in [-0.1, -0.05) is 49.2 Å². The van der Waals surface area contributed by atoms with Crippen LogP contribution in [0.5, 0.6) is 0 Å². The Hall–Kier alpha value is -3.69. The summed E-state index contributed by atoms with van der Waals surface area (Å²) < 4.78 is 47.5. The molecular weight excluding hydrogens is 487 g/mol. The van der Waals surface area contributed by atoms with Crippen LogP contribution in [0.2, 0.25) is 0 Å². The maximum absolute atomic E-state index is 12.8. The van der Waals surface area contributed by atoms with E-state index in [1.807, 2.05) is 24.3 Å². The third-order valence-electron chi connectivity index (χ3n) is 5.72. The van der Waals surface area contributed by atoms with Crippen molar-refractivity contribution in [1.82, 2.24) is 10.1 Å². The molecule has 198 valence electrons. The van der Waals surface area contributed by atoms with E-state index < -0.39 is 12.1 Å². The van der Waals surface area contributed by atoms with E-state index in [9.17, 15) is 22.8 Å². The second-order valence-electron chi connectivity index (χ2n) is 8.54. The number of carbonyl (C=O) groups is 2. The summed E-state index contributed by atoms with van der Waals surface area (Å²) in [5.41, 5.74) is 2.78. The van der Waals surface area contributed by atoms with Gasteiger partial charge in [0, 0.05) is 29.7 Å². The van der Waals surface area contributed by atoms with Crippen LogP contribution in [-0.4, -0.2) is 28.5 Å². The van der Waals surface area contributed by atoms with Crippen molar-refractivity contribution in [2.75, 3.05) is 11.9 Å². The molecule has 0 aliphatic heterocycles. The Labute approximate surface area is 213 Å². The van der Waals surface area contributed by atoms with Crippen molar-refractivity contribution in [3.05, 3.63) is 65.5 Å². The molecule has 0 amide bonds. The van der Waals surface area contributed by atoms with E-state index in [0.29, 0.717) is 24.2 Å². The first-order chi connectivity index (χ1) is 17.7. The molecule has 0 unspecified atom stereocenters. The molecule has 3 aromatic rings. The molecule has 37 heavy (non-hydrogen) atoms. The fraction of sp³-hybridized carbons (Fsp3) is 0.407. The molecule has 0 bridgehead atoms. The van der Waals surface area contributed by atoms with E-state index in [4.69, 9.17) is 4.74 Å². The van der Waals surface area contributed by atoms with E-state index in [2.05, 4.69) is 26.9 Å². The zero-order valence-corrected chi connectivity index (χ0v) is 20.8. The van der Waals surface area contributed by atoms with Gasteiger partial charge >= 0.3 is 18.0 Å². The number of nitrogens with one attached hydrogen (secondary N) is 1. The fourth-order valence-electron chi connectivity index (χ4n) is 3.78. The molecule has 0 aliphatic carbocycles. The van der Waals surface area contributed by atoms with Gasteiger partial charge in [0.1, 0.15) is 0 Å². The molecule has 0 saturated carbocycles. The van der Waals surface area contributed by atoms with Crippen LogP contribution < -0.4 is 5.32 Å². The lowest BCUT2D eigenvalue weighted by atomic mass is 9.99. The van der Waals surface area contributed by atoms with E-state index in [-0.39, 0.29) is 36.5 Å². The molecule has 1 heterocycles. The molecule has 1 N–H and O–H groups in total. The zero-order chi connectivity index (χ0) is 26.8. The molecule has 0 saturated heterocycles. The number of hydrogen-bond donors (Lipinski definition) is 1. The molecule has 1 atom stereocenters. The second-order valence-corrected chi connectivity index (χ2v) is 8.54. The Balaban J connectivity index is 1.65. The molecule has 3 rings (SSSR count). The predicted octanol–water partition coefficient (Wildman–Crippen LogP) is 7.01. The van der Waals surface area contributed by atoms with Gasteiger partial charge in [0.15, 0.2) is 5.78 Å². The highest BCUT2D eigenvalue weighted by atomic mass is 19.4. The van der Waals surface area contributed by atoms with Gasteiger partial charge in [0.2, 0.25) is 5.82 Å². The summed E-state index contributed by atoms with van der Waals surface area (Å²) in [6.45, 7) is 4.16. The number of anilines is 1. The minimum atomic E-state index is -4.69. The Morgan fingerprint density at radius 2 is 1.70 bits per heavy atom. The van der Waals surface area contributed by atoms with Gasteiger partial charge in [-0.15, -0.1) is 0 Å². The number of aromatic nitrogens is 2. The summed E-state index contributed by atoms with van der Waals surface area (Å²) >= 11 is 0. The first kappa shape index (κ1) is 27.9. The van der Waals surface area contributed by atoms with Crippen LogP contribution in [0, 0.1) is 0 Å². The number of ketones is 1. The molecule has 0 aliphatic rings. The van der Waals surface area contributed by atoms with Gasteiger partial charge < -0.3 is 14.6 Å². The summed E-state index contributed by atoms with van der Waals surface area (Å²) in [6, 6.07) is 14.1. The normalized spacial score (nSPS) is 12.2. The topological polar surface area (TPSA) is 94.3 Å². The smallest absolute Gasteiger partial charge is 0.466 e. The lowest BCUT2D eigenvalue weighted by Gasteiger charge is -2.21. The van der Waals surface area contributed by atoms with E-state index in [1.54, 1.807) is 31.2 Å². The van der Waals surface area contributed by atoms with Crippen LogP contribution in [0.15, 0.2) is 53.1 Å². The average molecular weight is 518 g/mol. The largest absolute Gasteiger partial charge is 0.471 e. The van der Waals surface area contributed by atoms with E-state index in [1.165, 1.54) is 0 Å². The first-order valence-corrected chi connectivity index (χ1v) is 12.3. The van der Waals surface area contributed by atoms with Gasteiger partial charge in [-0.25, -0.2) is 0 Å². The number of carbonyl (C=O) groups excluding carboxylic acids is 2. The van der Waals surface area contributed by atoms with Crippen LogP contribution in [-0.2, 0) is 15.7 Å². The summed E-state index contributed by atoms with van der Waals surface area (Å²) in [7, 11) is 0. The highest BCUT2D eigenvalue weighted by molar-refractivity contribution is 5.96. The summed E-state index contributed by atoms with van der Waals surface area (Å²) in [4.78, 5) is 27.3. The van der Waals surface area contributed by atoms with Gasteiger partial charge in [-0.2, -0.15) is 18.2 Å². The standard InChI is InChI=1S/C27H30F3N3O4/c1-3-5-7-22(18-10-12-20(13-11-18)25-32-26(37-33-25)27(28,29)30)31-21-16-14-19(15-17-21)23(34)8-6-9-24(35)36-4-2/h10-17,22,31H,3-9H2,1-2H3/t22-/m0/s1. The Bertz CT molecular complexity index is 1160. The predicted molar refractivity (Wildman–Crippen MR) is 132 cm³/mol. The van der Waals surface area contributed by atoms with Crippen LogP contribution in [0.4, 0.5) is 18.9 Å². The van der Waals surface area contributed by atoms with Crippen LogP contribution in [0.1, 0.15) is 80.2 Å². The van der Waals surface area contributed by atoms with E-state index in [0.717, 1.165) is 30.5 Å². The summed E-state index contributed by atoms with van der Waals surface area (Å²) in [6.07, 6.45) is -0.966. The molecule has 7 nitrogen and oxygen atoms in total. The molecule has 0 radical (unpaired) electrons. The number of unbranched alkanes of at least 4 members (excludes halogenated alkanes) is 1. The highest BCUT2D eigenvalue weighted by Gasteiger charge is 2.38.